The second-order valence-electron chi connectivity index (χ2n) is 3.69. The first-order valence-electron chi connectivity index (χ1n) is 4.96. The van der Waals surface area contributed by atoms with Crippen LogP contribution in [0.2, 0.25) is 0 Å². The lowest BCUT2D eigenvalue weighted by Crippen LogP contribution is -2.41. The van der Waals surface area contributed by atoms with Crippen molar-refractivity contribution in [2.24, 2.45) is 11.0 Å². The number of hydrogen-bond donors (Lipinski definition) is 1. The molecule has 1 fully saturated rings. The van der Waals surface area contributed by atoms with Crippen LogP contribution in [0.3, 0.4) is 0 Å². The molecular weight excluding hydrogens is 150 g/mol. The van der Waals surface area contributed by atoms with Gasteiger partial charge in [0.05, 0.1) is 0 Å². The molecule has 0 bridgehead atoms. The summed E-state index contributed by atoms with van der Waals surface area (Å²) in [4.78, 5) is 2.30. The first-order chi connectivity index (χ1) is 5.92. The number of hydrazone groups is 1. The summed E-state index contributed by atoms with van der Waals surface area (Å²) in [6.07, 6.45) is 7.98. The molecule has 1 aliphatic heterocycles. The highest BCUT2D eigenvalue weighted by Gasteiger charge is 2.29. The van der Waals surface area contributed by atoms with Gasteiger partial charge >= 0.3 is 0 Å². The third-order valence-electron chi connectivity index (χ3n) is 2.98. The van der Waals surface area contributed by atoms with E-state index in [2.05, 4.69) is 22.4 Å². The summed E-state index contributed by atoms with van der Waals surface area (Å²) in [5.74, 6) is 0.826. The fourth-order valence-electron chi connectivity index (χ4n) is 2.26. The van der Waals surface area contributed by atoms with Crippen LogP contribution < -0.4 is 5.43 Å². The molecule has 3 heteroatoms. The van der Waals surface area contributed by atoms with Crippen LogP contribution in [-0.2, 0) is 0 Å². The maximum absolute atomic E-state index is 4.11. The van der Waals surface area contributed by atoms with E-state index in [1.807, 2.05) is 6.34 Å². The molecule has 0 aromatic carbocycles. The molecular formula is C9H17N3. The monoisotopic (exact) mass is 167 g/mol. The lowest BCUT2D eigenvalue weighted by atomic mass is 10.0. The Bertz CT molecular complexity index is 173. The van der Waals surface area contributed by atoms with E-state index >= 15 is 0 Å². The van der Waals surface area contributed by atoms with Crippen LogP contribution in [0.25, 0.3) is 0 Å². The van der Waals surface area contributed by atoms with Crippen LogP contribution in [0, 0.1) is 5.92 Å². The van der Waals surface area contributed by atoms with Crippen molar-refractivity contribution in [2.45, 2.75) is 38.8 Å². The molecule has 0 aromatic heterocycles. The number of rotatable bonds is 2. The Kier molecular flexibility index (Phi) is 2.19. The molecule has 0 saturated heterocycles. The summed E-state index contributed by atoms with van der Waals surface area (Å²) in [5, 5.41) is 4.11. The molecule has 3 nitrogen and oxygen atoms in total. The highest BCUT2D eigenvalue weighted by Crippen LogP contribution is 2.29. The summed E-state index contributed by atoms with van der Waals surface area (Å²) in [5.41, 5.74) is 3.19. The van der Waals surface area contributed by atoms with Gasteiger partial charge in [0.25, 0.3) is 0 Å². The van der Waals surface area contributed by atoms with E-state index in [-0.39, 0.29) is 0 Å². The van der Waals surface area contributed by atoms with E-state index < -0.39 is 0 Å². The van der Waals surface area contributed by atoms with Crippen molar-refractivity contribution in [3.05, 3.63) is 0 Å². The quantitative estimate of drug-likeness (QED) is 0.672. The summed E-state index contributed by atoms with van der Waals surface area (Å²) >= 11 is 0. The summed E-state index contributed by atoms with van der Waals surface area (Å²) < 4.78 is 0. The number of nitrogens with one attached hydrogen (secondary N) is 1. The SMILES string of the molecule is CCN1C=NNC1C1CCCC1. The molecule has 0 spiro atoms. The van der Waals surface area contributed by atoms with Gasteiger partial charge in [-0.15, -0.1) is 0 Å². The van der Waals surface area contributed by atoms with Crippen LogP contribution >= 0.6 is 0 Å². The summed E-state index contributed by atoms with van der Waals surface area (Å²) in [7, 11) is 0. The van der Waals surface area contributed by atoms with E-state index in [9.17, 15) is 0 Å². The molecule has 1 heterocycles. The predicted molar refractivity (Wildman–Crippen MR) is 49.8 cm³/mol. The van der Waals surface area contributed by atoms with Crippen molar-refractivity contribution in [3.8, 4) is 0 Å². The van der Waals surface area contributed by atoms with Gasteiger partial charge in [-0.25, -0.2) is 0 Å². The number of hydrogen-bond acceptors (Lipinski definition) is 3. The highest BCUT2D eigenvalue weighted by molar-refractivity contribution is 5.56. The van der Waals surface area contributed by atoms with Gasteiger partial charge in [-0.1, -0.05) is 12.8 Å². The fraction of sp³-hybridized carbons (Fsp3) is 0.889. The van der Waals surface area contributed by atoms with Crippen LogP contribution in [0.5, 0.6) is 0 Å². The van der Waals surface area contributed by atoms with E-state index in [1.54, 1.807) is 0 Å². The first-order valence-corrected chi connectivity index (χ1v) is 4.96. The highest BCUT2D eigenvalue weighted by atomic mass is 15.5. The third-order valence-corrected chi connectivity index (χ3v) is 2.98. The van der Waals surface area contributed by atoms with Crippen LogP contribution in [-0.4, -0.2) is 23.9 Å². The zero-order valence-electron chi connectivity index (χ0n) is 7.66. The molecule has 1 atom stereocenters. The second kappa shape index (κ2) is 3.33. The maximum Gasteiger partial charge on any atom is 0.119 e. The van der Waals surface area contributed by atoms with Crippen LogP contribution in [0.4, 0.5) is 0 Å². The lowest BCUT2D eigenvalue weighted by Gasteiger charge is -2.27. The van der Waals surface area contributed by atoms with Gasteiger partial charge in [-0.05, 0) is 25.7 Å². The van der Waals surface area contributed by atoms with Gasteiger partial charge in [0.15, 0.2) is 0 Å². The molecule has 1 aliphatic carbocycles. The van der Waals surface area contributed by atoms with Crippen molar-refractivity contribution in [1.29, 1.82) is 0 Å². The molecule has 68 valence electrons. The topological polar surface area (TPSA) is 27.6 Å². The Labute approximate surface area is 73.8 Å². The predicted octanol–water partition coefficient (Wildman–Crippen LogP) is 1.37. The summed E-state index contributed by atoms with van der Waals surface area (Å²) in [6.45, 7) is 3.25. The van der Waals surface area contributed by atoms with Crippen molar-refractivity contribution in [3.63, 3.8) is 0 Å². The van der Waals surface area contributed by atoms with Crippen molar-refractivity contribution >= 4 is 6.34 Å². The van der Waals surface area contributed by atoms with Gasteiger partial charge < -0.3 is 4.90 Å². The molecule has 12 heavy (non-hydrogen) atoms. The minimum atomic E-state index is 0.498. The van der Waals surface area contributed by atoms with Crippen LogP contribution in [0.1, 0.15) is 32.6 Å². The Morgan fingerprint density at radius 1 is 1.50 bits per heavy atom. The molecule has 1 saturated carbocycles. The molecule has 0 aromatic rings. The average molecular weight is 167 g/mol. The zero-order valence-corrected chi connectivity index (χ0v) is 7.66. The first kappa shape index (κ1) is 7.90. The van der Waals surface area contributed by atoms with Crippen molar-refractivity contribution < 1.29 is 0 Å². The molecule has 1 N–H and O–H groups in total. The largest absolute Gasteiger partial charge is 0.340 e. The van der Waals surface area contributed by atoms with Gasteiger partial charge in [-0.2, -0.15) is 5.10 Å². The average Bonchev–Trinajstić information content (AvgIpc) is 2.74. The Morgan fingerprint density at radius 3 is 2.92 bits per heavy atom. The van der Waals surface area contributed by atoms with E-state index in [0.29, 0.717) is 6.17 Å². The fourth-order valence-corrected chi connectivity index (χ4v) is 2.26. The van der Waals surface area contributed by atoms with Gasteiger partial charge in [0.1, 0.15) is 12.5 Å². The van der Waals surface area contributed by atoms with E-state index in [1.165, 1.54) is 25.7 Å². The number of nitrogens with zero attached hydrogens (tertiary/aromatic N) is 2. The zero-order chi connectivity index (χ0) is 8.39. The molecule has 0 radical (unpaired) electrons. The van der Waals surface area contributed by atoms with Crippen molar-refractivity contribution in [1.82, 2.24) is 10.3 Å². The lowest BCUT2D eigenvalue weighted by molar-refractivity contribution is 0.225. The Hall–Kier alpha value is -0.730. The molecule has 2 aliphatic rings. The van der Waals surface area contributed by atoms with E-state index in [4.69, 9.17) is 0 Å². The van der Waals surface area contributed by atoms with E-state index in [0.717, 1.165) is 12.5 Å². The van der Waals surface area contributed by atoms with Gasteiger partial charge in [-0.3, -0.25) is 5.43 Å². The normalized spacial score (nSPS) is 29.8. The standard InChI is InChI=1S/C9H17N3/c1-2-12-7-10-11-9(12)8-5-3-4-6-8/h7-9,11H,2-6H2,1H3. The molecule has 1 unspecified atom stereocenters. The minimum Gasteiger partial charge on any atom is -0.340 e. The van der Waals surface area contributed by atoms with Gasteiger partial charge in [0.2, 0.25) is 0 Å². The smallest absolute Gasteiger partial charge is 0.119 e. The minimum absolute atomic E-state index is 0.498. The Morgan fingerprint density at radius 2 is 2.25 bits per heavy atom. The van der Waals surface area contributed by atoms with Gasteiger partial charge in [0, 0.05) is 6.54 Å². The molecule has 2 rings (SSSR count). The molecule has 0 amide bonds. The van der Waals surface area contributed by atoms with Crippen LogP contribution in [0.15, 0.2) is 5.10 Å². The maximum atomic E-state index is 4.11. The third kappa shape index (κ3) is 1.28. The second-order valence-corrected chi connectivity index (χ2v) is 3.69. The summed E-state index contributed by atoms with van der Waals surface area (Å²) in [6, 6.07) is 0. The Balaban J connectivity index is 1.94. The van der Waals surface area contributed by atoms with Crippen molar-refractivity contribution in [2.75, 3.05) is 6.54 Å².